The number of primary amides is 1. The Labute approximate surface area is 219 Å². The van der Waals surface area contributed by atoms with Crippen LogP contribution in [0.4, 0.5) is 4.79 Å². The van der Waals surface area contributed by atoms with Crippen LogP contribution in [0.3, 0.4) is 0 Å². The fourth-order valence-corrected chi connectivity index (χ4v) is 5.78. The van der Waals surface area contributed by atoms with Gasteiger partial charge in [0, 0.05) is 6.54 Å². The number of hydrogen-bond acceptors (Lipinski definition) is 6. The molecule has 1 heterocycles. The molecule has 10 nitrogen and oxygen atoms in total. The van der Waals surface area contributed by atoms with Crippen molar-refractivity contribution in [3.8, 4) is 0 Å². The van der Waals surface area contributed by atoms with Crippen molar-refractivity contribution in [1.29, 1.82) is 0 Å². The number of fused-ring (bicyclic) bond motifs is 1. The van der Waals surface area contributed by atoms with Crippen molar-refractivity contribution in [1.82, 2.24) is 15.5 Å². The van der Waals surface area contributed by atoms with E-state index in [9.17, 15) is 24.0 Å². The van der Waals surface area contributed by atoms with Crippen LogP contribution < -0.4 is 16.4 Å². The number of ketones is 1. The van der Waals surface area contributed by atoms with Gasteiger partial charge in [-0.2, -0.15) is 0 Å². The Balaban J connectivity index is 1.83. The molecule has 0 aromatic carbocycles. The number of nitrogens with two attached hydrogens (primary N) is 1. The lowest BCUT2D eigenvalue weighted by molar-refractivity contribution is -0.145. The average Bonchev–Trinajstić information content (AvgIpc) is 3.06. The highest BCUT2D eigenvalue weighted by atomic mass is 16.6. The van der Waals surface area contributed by atoms with E-state index in [1.807, 2.05) is 20.8 Å². The Morgan fingerprint density at radius 3 is 2.08 bits per heavy atom. The van der Waals surface area contributed by atoms with Crippen LogP contribution in [0.1, 0.15) is 81.1 Å². The molecule has 4 N–H and O–H groups in total. The molecule has 0 aromatic rings. The summed E-state index contributed by atoms with van der Waals surface area (Å²) in [4.78, 5) is 65.9. The van der Waals surface area contributed by atoms with E-state index < -0.39 is 52.8 Å². The number of carbonyl (C=O) groups excluding carboxylic acids is 5. The number of hydrogen-bond donors (Lipinski definition) is 3. The van der Waals surface area contributed by atoms with E-state index in [0.29, 0.717) is 13.0 Å². The van der Waals surface area contributed by atoms with Crippen molar-refractivity contribution >= 4 is 29.6 Å². The van der Waals surface area contributed by atoms with Gasteiger partial charge in [-0.05, 0) is 55.8 Å². The van der Waals surface area contributed by atoms with Gasteiger partial charge in [-0.25, -0.2) is 4.79 Å². The fourth-order valence-electron chi connectivity index (χ4n) is 5.78. The molecule has 0 radical (unpaired) electrons. The highest BCUT2D eigenvalue weighted by Crippen LogP contribution is 2.65. The minimum Gasteiger partial charge on any atom is -0.444 e. The number of amides is 4. The minimum atomic E-state index is -1.08. The molecule has 0 spiro atoms. The Morgan fingerprint density at radius 2 is 1.62 bits per heavy atom. The topological polar surface area (TPSA) is 148 Å². The van der Waals surface area contributed by atoms with Crippen molar-refractivity contribution in [2.45, 2.75) is 105 Å². The third kappa shape index (κ3) is 6.26. The lowest BCUT2D eigenvalue weighted by Gasteiger charge is -2.38. The second-order valence-electron chi connectivity index (χ2n) is 13.7. The van der Waals surface area contributed by atoms with Gasteiger partial charge < -0.3 is 26.0 Å². The number of Topliss-reactive ketones (excluding diaryl/α,β-unsaturated/α-hetero) is 1. The molecule has 3 aliphatic rings. The van der Waals surface area contributed by atoms with Crippen LogP contribution in [-0.4, -0.2) is 64.8 Å². The molecule has 2 saturated carbocycles. The molecule has 2 aliphatic carbocycles. The van der Waals surface area contributed by atoms with E-state index in [1.54, 1.807) is 20.8 Å². The van der Waals surface area contributed by atoms with Crippen molar-refractivity contribution < 1.29 is 28.7 Å². The van der Waals surface area contributed by atoms with Gasteiger partial charge in [-0.15, -0.1) is 0 Å². The maximum atomic E-state index is 13.9. The molecule has 5 atom stereocenters. The zero-order valence-corrected chi connectivity index (χ0v) is 23.5. The van der Waals surface area contributed by atoms with Gasteiger partial charge in [0.2, 0.25) is 17.6 Å². The number of likely N-dealkylation sites (tertiary alicyclic amines) is 1. The summed E-state index contributed by atoms with van der Waals surface area (Å²) in [6, 6.07) is -2.76. The lowest BCUT2D eigenvalue weighted by atomic mass is 9.80. The van der Waals surface area contributed by atoms with Crippen LogP contribution in [0.25, 0.3) is 0 Å². The number of rotatable bonds is 8. The summed E-state index contributed by atoms with van der Waals surface area (Å²) in [6.07, 6.45) is 2.58. The summed E-state index contributed by atoms with van der Waals surface area (Å²) in [5.74, 6) is -2.46. The van der Waals surface area contributed by atoms with Crippen molar-refractivity contribution in [2.75, 3.05) is 6.54 Å². The first kappa shape index (κ1) is 28.9. The molecule has 1 saturated heterocycles. The monoisotopic (exact) mass is 520 g/mol. The largest absolute Gasteiger partial charge is 0.444 e. The van der Waals surface area contributed by atoms with Gasteiger partial charge in [-0.1, -0.05) is 53.9 Å². The summed E-state index contributed by atoms with van der Waals surface area (Å²) in [7, 11) is 0. The van der Waals surface area contributed by atoms with Crippen molar-refractivity contribution in [3.05, 3.63) is 0 Å². The number of nitrogens with one attached hydrogen (secondary N) is 2. The predicted molar refractivity (Wildman–Crippen MR) is 137 cm³/mol. The zero-order chi connectivity index (χ0) is 28.1. The molecular formula is C27H44N4O6. The Bertz CT molecular complexity index is 959. The first-order valence-electron chi connectivity index (χ1n) is 13.3. The van der Waals surface area contributed by atoms with Crippen molar-refractivity contribution in [3.63, 3.8) is 0 Å². The van der Waals surface area contributed by atoms with Crippen LogP contribution >= 0.6 is 0 Å². The quantitative estimate of drug-likeness (QED) is 0.418. The van der Waals surface area contributed by atoms with E-state index in [-0.39, 0.29) is 29.1 Å². The number of alkyl carbamates (subject to hydrolysis) is 1. The Kier molecular flexibility index (Phi) is 7.74. The third-order valence-corrected chi connectivity index (χ3v) is 8.20. The van der Waals surface area contributed by atoms with Gasteiger partial charge in [0.25, 0.3) is 5.91 Å². The number of nitrogens with zero attached hydrogens (tertiary/aromatic N) is 1. The molecule has 3 fully saturated rings. The molecule has 0 aromatic heterocycles. The predicted octanol–water partition coefficient (Wildman–Crippen LogP) is 2.14. The second-order valence-corrected chi connectivity index (χ2v) is 13.7. The maximum absolute atomic E-state index is 13.9. The molecule has 1 aliphatic heterocycles. The van der Waals surface area contributed by atoms with Gasteiger partial charge in [0.05, 0.1) is 6.04 Å². The molecule has 4 amide bonds. The summed E-state index contributed by atoms with van der Waals surface area (Å²) in [5, 5.41) is 5.49. The molecule has 0 bridgehead atoms. The summed E-state index contributed by atoms with van der Waals surface area (Å²) >= 11 is 0. The van der Waals surface area contributed by atoms with Gasteiger partial charge >= 0.3 is 6.09 Å². The summed E-state index contributed by atoms with van der Waals surface area (Å²) < 4.78 is 5.39. The maximum Gasteiger partial charge on any atom is 0.408 e. The molecule has 37 heavy (non-hydrogen) atoms. The molecular weight excluding hydrogens is 476 g/mol. The van der Waals surface area contributed by atoms with Gasteiger partial charge in [0.15, 0.2) is 0 Å². The zero-order valence-electron chi connectivity index (χ0n) is 23.5. The van der Waals surface area contributed by atoms with Crippen LogP contribution in [0, 0.1) is 28.6 Å². The number of piperidine rings is 1. The normalized spacial score (nSPS) is 26.3. The summed E-state index contributed by atoms with van der Waals surface area (Å²) in [6.45, 7) is 15.2. The van der Waals surface area contributed by atoms with E-state index in [2.05, 4.69) is 24.5 Å². The molecule has 3 rings (SSSR count). The van der Waals surface area contributed by atoms with Crippen LogP contribution in [0.5, 0.6) is 0 Å². The van der Waals surface area contributed by atoms with Crippen LogP contribution in [0.15, 0.2) is 0 Å². The highest BCUT2D eigenvalue weighted by Gasteiger charge is 2.70. The van der Waals surface area contributed by atoms with E-state index >= 15 is 0 Å². The highest BCUT2D eigenvalue weighted by molar-refractivity contribution is 6.37. The Hall–Kier alpha value is -2.65. The van der Waals surface area contributed by atoms with E-state index in [1.165, 1.54) is 4.90 Å². The molecule has 10 heteroatoms. The lowest BCUT2D eigenvalue weighted by Crippen LogP contribution is -2.61. The SMILES string of the molecule is CC(C)(C)OC(=O)N[C@H](C(=O)N1C[C@H]2[C@@H]([C@H]1C(=O)N[C@H](CC1CCC1)C(=O)C(N)=O)C2(C)C)C(C)(C)C. The van der Waals surface area contributed by atoms with E-state index in [4.69, 9.17) is 10.5 Å². The van der Waals surface area contributed by atoms with Crippen LogP contribution in [-0.2, 0) is 23.9 Å². The minimum absolute atomic E-state index is 0.0911. The van der Waals surface area contributed by atoms with Crippen molar-refractivity contribution in [2.24, 2.45) is 34.3 Å². The molecule has 208 valence electrons. The smallest absolute Gasteiger partial charge is 0.408 e. The summed E-state index contributed by atoms with van der Waals surface area (Å²) in [5.41, 5.74) is 3.73. The fraction of sp³-hybridized carbons (Fsp3) is 0.815. The second kappa shape index (κ2) is 9.91. The first-order chi connectivity index (χ1) is 16.8. The number of ether oxygens (including phenoxy) is 1. The van der Waals surface area contributed by atoms with Crippen LogP contribution in [0.2, 0.25) is 0 Å². The standard InChI is InChI=1S/C27H44N4O6/c1-25(2,3)20(30-24(36)37-26(4,5)6)23(35)31-13-15-17(27(15,7)8)18(31)22(34)29-16(19(32)21(28)33)12-14-10-9-11-14/h14-18,20H,9-13H2,1-8H3,(H2,28,33)(H,29,34)(H,30,36)/t15-,16+,17-,18-,20+/m0/s1. The average molecular weight is 521 g/mol. The van der Waals surface area contributed by atoms with E-state index in [0.717, 1.165) is 19.3 Å². The first-order valence-corrected chi connectivity index (χ1v) is 13.3. The number of carbonyl (C=O) groups is 5. The Morgan fingerprint density at radius 1 is 1.03 bits per heavy atom. The molecule has 0 unspecified atom stereocenters. The van der Waals surface area contributed by atoms with Gasteiger partial charge in [0.1, 0.15) is 17.7 Å². The van der Waals surface area contributed by atoms with Gasteiger partial charge in [-0.3, -0.25) is 19.2 Å². The third-order valence-electron chi connectivity index (χ3n) is 8.20.